The lowest BCUT2D eigenvalue weighted by atomic mass is 10.1. The number of hydrogen-bond donors (Lipinski definition) is 0. The molecule has 110 valence electrons. The van der Waals surface area contributed by atoms with Crippen LogP contribution in [0.2, 0.25) is 0 Å². The molecular formula is C18H20BrNO. The molecule has 0 spiro atoms. The molecule has 21 heavy (non-hydrogen) atoms. The molecule has 0 radical (unpaired) electrons. The predicted octanol–water partition coefficient (Wildman–Crippen LogP) is 5.20. The van der Waals surface area contributed by atoms with Crippen LogP contribution >= 0.6 is 15.9 Å². The van der Waals surface area contributed by atoms with Crippen molar-refractivity contribution in [1.29, 1.82) is 0 Å². The van der Waals surface area contributed by atoms with E-state index in [9.17, 15) is 4.79 Å². The highest BCUT2D eigenvalue weighted by Crippen LogP contribution is 2.22. The first-order valence-corrected chi connectivity index (χ1v) is 8.06. The van der Waals surface area contributed by atoms with E-state index in [1.165, 1.54) is 0 Å². The number of carbonyl (C=O) groups is 1. The van der Waals surface area contributed by atoms with Crippen LogP contribution in [0.4, 0.5) is 5.69 Å². The molecule has 1 amide bonds. The van der Waals surface area contributed by atoms with Crippen molar-refractivity contribution in [3.63, 3.8) is 0 Å². The van der Waals surface area contributed by atoms with Gasteiger partial charge in [-0.1, -0.05) is 53.5 Å². The maximum Gasteiger partial charge on any atom is 0.258 e. The summed E-state index contributed by atoms with van der Waals surface area (Å²) in [5.74, 6) is 0.0513. The average molecular weight is 346 g/mol. The third-order valence-electron chi connectivity index (χ3n) is 3.47. The topological polar surface area (TPSA) is 20.3 Å². The Morgan fingerprint density at radius 3 is 2.48 bits per heavy atom. The Hall–Kier alpha value is -1.61. The van der Waals surface area contributed by atoms with E-state index in [1.807, 2.05) is 60.4 Å². The van der Waals surface area contributed by atoms with E-state index < -0.39 is 0 Å². The molecule has 0 aliphatic carbocycles. The van der Waals surface area contributed by atoms with E-state index in [2.05, 4.69) is 22.9 Å². The van der Waals surface area contributed by atoms with E-state index >= 15 is 0 Å². The number of halogens is 1. The molecule has 0 heterocycles. The molecule has 2 aromatic carbocycles. The average Bonchev–Trinajstić information content (AvgIpc) is 2.51. The summed E-state index contributed by atoms with van der Waals surface area (Å²) in [4.78, 5) is 14.7. The van der Waals surface area contributed by atoms with Crippen molar-refractivity contribution < 1.29 is 4.79 Å². The molecule has 0 bridgehead atoms. The van der Waals surface area contributed by atoms with Crippen LogP contribution in [0.1, 0.15) is 35.7 Å². The first kappa shape index (κ1) is 15.8. The molecule has 0 saturated carbocycles. The Balaban J connectivity index is 2.31. The van der Waals surface area contributed by atoms with E-state index in [4.69, 9.17) is 0 Å². The van der Waals surface area contributed by atoms with E-state index in [0.717, 1.165) is 35.1 Å². The van der Waals surface area contributed by atoms with E-state index in [1.54, 1.807) is 0 Å². The minimum Gasteiger partial charge on any atom is -0.308 e. The zero-order valence-electron chi connectivity index (χ0n) is 12.5. The monoisotopic (exact) mass is 345 g/mol. The van der Waals surface area contributed by atoms with Crippen molar-refractivity contribution >= 4 is 27.5 Å². The smallest absolute Gasteiger partial charge is 0.258 e. The fourth-order valence-electron chi connectivity index (χ4n) is 2.15. The van der Waals surface area contributed by atoms with Crippen molar-refractivity contribution in [3.8, 4) is 0 Å². The number of nitrogens with zero attached hydrogens (tertiary/aromatic N) is 1. The molecular weight excluding hydrogens is 326 g/mol. The first-order chi connectivity index (χ1) is 10.1. The van der Waals surface area contributed by atoms with Gasteiger partial charge in [0.2, 0.25) is 0 Å². The van der Waals surface area contributed by atoms with E-state index in [-0.39, 0.29) is 5.91 Å². The highest BCUT2D eigenvalue weighted by molar-refractivity contribution is 9.10. The molecule has 2 nitrogen and oxygen atoms in total. The van der Waals surface area contributed by atoms with E-state index in [0.29, 0.717) is 5.56 Å². The standard InChI is InChI=1S/C18H20BrNO/c1-3-4-12-20(16-8-6-5-7-9-16)18(21)15-11-10-14(2)17(19)13-15/h5-11,13H,3-4,12H2,1-2H3. The number of para-hydroxylation sites is 1. The van der Waals surface area contributed by atoms with Crippen LogP contribution in [0, 0.1) is 6.92 Å². The summed E-state index contributed by atoms with van der Waals surface area (Å²) in [5.41, 5.74) is 2.80. The van der Waals surface area contributed by atoms with Gasteiger partial charge in [0.05, 0.1) is 0 Å². The lowest BCUT2D eigenvalue weighted by Crippen LogP contribution is -2.31. The summed E-state index contributed by atoms with van der Waals surface area (Å²) in [6.07, 6.45) is 2.06. The Labute approximate surface area is 134 Å². The summed E-state index contributed by atoms with van der Waals surface area (Å²) in [5, 5.41) is 0. The van der Waals surface area contributed by atoms with Gasteiger partial charge in [-0.05, 0) is 43.2 Å². The van der Waals surface area contributed by atoms with Gasteiger partial charge >= 0.3 is 0 Å². The van der Waals surface area contributed by atoms with Crippen molar-refractivity contribution in [2.75, 3.05) is 11.4 Å². The molecule has 0 fully saturated rings. The van der Waals surface area contributed by atoms with Gasteiger partial charge in [0.15, 0.2) is 0 Å². The predicted molar refractivity (Wildman–Crippen MR) is 91.9 cm³/mol. The summed E-state index contributed by atoms with van der Waals surface area (Å²) in [6, 6.07) is 15.6. The summed E-state index contributed by atoms with van der Waals surface area (Å²) in [6.45, 7) is 4.89. The Morgan fingerprint density at radius 1 is 1.14 bits per heavy atom. The number of unbranched alkanes of at least 4 members (excludes halogenated alkanes) is 1. The molecule has 0 aliphatic heterocycles. The van der Waals surface area contributed by atoms with Crippen LogP contribution in [0.3, 0.4) is 0 Å². The molecule has 0 atom stereocenters. The molecule has 0 unspecified atom stereocenters. The van der Waals surface area contributed by atoms with Crippen LogP contribution in [0.15, 0.2) is 53.0 Å². The van der Waals surface area contributed by atoms with Crippen molar-refractivity contribution in [2.45, 2.75) is 26.7 Å². The zero-order chi connectivity index (χ0) is 15.2. The number of benzene rings is 2. The quantitative estimate of drug-likeness (QED) is 0.728. The van der Waals surface area contributed by atoms with Gasteiger partial charge in [0, 0.05) is 22.3 Å². The molecule has 0 N–H and O–H groups in total. The molecule has 2 rings (SSSR count). The Morgan fingerprint density at radius 2 is 1.86 bits per heavy atom. The minimum absolute atomic E-state index is 0.0513. The van der Waals surface area contributed by atoms with Gasteiger partial charge in [-0.15, -0.1) is 0 Å². The maximum atomic E-state index is 12.8. The van der Waals surface area contributed by atoms with Crippen LogP contribution in [-0.4, -0.2) is 12.5 Å². The second-order valence-corrected chi connectivity index (χ2v) is 5.96. The van der Waals surface area contributed by atoms with Crippen LogP contribution in [0.25, 0.3) is 0 Å². The van der Waals surface area contributed by atoms with Crippen LogP contribution in [0.5, 0.6) is 0 Å². The molecule has 3 heteroatoms. The second-order valence-electron chi connectivity index (χ2n) is 5.11. The lowest BCUT2D eigenvalue weighted by molar-refractivity contribution is 0.0986. The van der Waals surface area contributed by atoms with Crippen molar-refractivity contribution in [1.82, 2.24) is 0 Å². The number of anilines is 1. The largest absolute Gasteiger partial charge is 0.308 e. The van der Waals surface area contributed by atoms with Gasteiger partial charge < -0.3 is 4.90 Å². The number of aryl methyl sites for hydroxylation is 1. The van der Waals surface area contributed by atoms with Crippen molar-refractivity contribution in [2.24, 2.45) is 0 Å². The Bertz CT molecular complexity index is 610. The van der Waals surface area contributed by atoms with Crippen LogP contribution in [-0.2, 0) is 0 Å². The molecule has 0 aliphatic rings. The van der Waals surface area contributed by atoms with Crippen molar-refractivity contribution in [3.05, 3.63) is 64.1 Å². The van der Waals surface area contributed by atoms with Crippen LogP contribution < -0.4 is 4.90 Å². The number of carbonyl (C=O) groups excluding carboxylic acids is 1. The third kappa shape index (κ3) is 3.94. The summed E-state index contributed by atoms with van der Waals surface area (Å²) >= 11 is 3.50. The number of rotatable bonds is 5. The Kier molecular flexibility index (Phi) is 5.57. The normalized spacial score (nSPS) is 10.4. The summed E-state index contributed by atoms with van der Waals surface area (Å²) in [7, 11) is 0. The minimum atomic E-state index is 0.0513. The fraction of sp³-hybridized carbons (Fsp3) is 0.278. The van der Waals surface area contributed by atoms with Gasteiger partial charge in [0.1, 0.15) is 0 Å². The highest BCUT2D eigenvalue weighted by Gasteiger charge is 2.17. The number of amides is 1. The third-order valence-corrected chi connectivity index (χ3v) is 4.32. The number of hydrogen-bond acceptors (Lipinski definition) is 1. The lowest BCUT2D eigenvalue weighted by Gasteiger charge is -2.23. The summed E-state index contributed by atoms with van der Waals surface area (Å²) < 4.78 is 0.969. The molecule has 0 aromatic heterocycles. The van der Waals surface area contributed by atoms with Gasteiger partial charge in [-0.3, -0.25) is 4.79 Å². The SMILES string of the molecule is CCCCN(C(=O)c1ccc(C)c(Br)c1)c1ccccc1. The van der Waals surface area contributed by atoms with Gasteiger partial charge in [0.25, 0.3) is 5.91 Å². The molecule has 2 aromatic rings. The van der Waals surface area contributed by atoms with Gasteiger partial charge in [-0.2, -0.15) is 0 Å². The maximum absolute atomic E-state index is 12.8. The first-order valence-electron chi connectivity index (χ1n) is 7.26. The zero-order valence-corrected chi connectivity index (χ0v) is 14.1. The second kappa shape index (κ2) is 7.41. The fourth-order valence-corrected chi connectivity index (χ4v) is 2.53. The highest BCUT2D eigenvalue weighted by atomic mass is 79.9. The molecule has 0 saturated heterocycles. The van der Waals surface area contributed by atoms with Gasteiger partial charge in [-0.25, -0.2) is 0 Å².